The summed E-state index contributed by atoms with van der Waals surface area (Å²) in [4.78, 5) is 11.9. The van der Waals surface area contributed by atoms with Crippen molar-refractivity contribution in [2.45, 2.75) is 30.9 Å². The fourth-order valence-electron chi connectivity index (χ4n) is 1.76. The Labute approximate surface area is 166 Å². The van der Waals surface area contributed by atoms with Crippen LogP contribution in [0.15, 0.2) is 28.6 Å². The quantitative estimate of drug-likeness (QED) is 0.491. The highest BCUT2D eigenvalue weighted by molar-refractivity contribution is 7.98. The molecule has 2 N–H and O–H groups in total. The van der Waals surface area contributed by atoms with Crippen LogP contribution in [0.2, 0.25) is 0 Å². The Morgan fingerprint density at radius 1 is 1.26 bits per heavy atom. The number of amides is 1. The Hall–Kier alpha value is -1.56. The van der Waals surface area contributed by atoms with Crippen LogP contribution in [0.4, 0.5) is 9.52 Å². The molecule has 2 aromatic rings. The van der Waals surface area contributed by atoms with Crippen molar-refractivity contribution in [3.05, 3.63) is 35.6 Å². The predicted octanol–water partition coefficient (Wildman–Crippen LogP) is 2.87. The van der Waals surface area contributed by atoms with Crippen molar-refractivity contribution in [2.75, 3.05) is 17.6 Å². The largest absolute Gasteiger partial charge is 0.300 e. The fourth-order valence-corrected chi connectivity index (χ4v) is 4.70. The van der Waals surface area contributed by atoms with Gasteiger partial charge in [-0.05, 0) is 11.6 Å². The van der Waals surface area contributed by atoms with Crippen LogP contribution in [0.1, 0.15) is 26.3 Å². The number of sulfonamides is 1. The van der Waals surface area contributed by atoms with Gasteiger partial charge in [0.1, 0.15) is 5.82 Å². The van der Waals surface area contributed by atoms with Crippen LogP contribution >= 0.6 is 23.1 Å². The molecule has 1 aromatic carbocycles. The lowest BCUT2D eigenvalue weighted by molar-refractivity contribution is -0.123. The third kappa shape index (κ3) is 6.52. The van der Waals surface area contributed by atoms with Gasteiger partial charge >= 0.3 is 0 Å². The van der Waals surface area contributed by atoms with Crippen molar-refractivity contribution in [3.8, 4) is 0 Å². The summed E-state index contributed by atoms with van der Waals surface area (Å²) >= 11 is 2.20. The Kier molecular flexibility index (Phi) is 7.32. The van der Waals surface area contributed by atoms with Crippen molar-refractivity contribution < 1.29 is 17.6 Å². The third-order valence-electron chi connectivity index (χ3n) is 3.29. The summed E-state index contributed by atoms with van der Waals surface area (Å²) in [5, 5.41) is 10.0. The highest BCUT2D eigenvalue weighted by Gasteiger charge is 2.25. The lowest BCUT2D eigenvalue weighted by Crippen LogP contribution is -2.27. The summed E-state index contributed by atoms with van der Waals surface area (Å²) in [5.41, 5.74) is -0.0491. The molecule has 0 aliphatic carbocycles. The molecule has 0 spiro atoms. The Bertz CT molecular complexity index is 894. The highest BCUT2D eigenvalue weighted by atomic mass is 32.2. The minimum absolute atomic E-state index is 0.129. The number of carbonyl (C=O) groups is 1. The fraction of sp³-hybridized carbons (Fsp3) is 0.438. The van der Waals surface area contributed by atoms with E-state index in [0.29, 0.717) is 17.1 Å². The molecule has 11 heteroatoms. The zero-order chi connectivity index (χ0) is 20.1. The van der Waals surface area contributed by atoms with E-state index in [4.69, 9.17) is 0 Å². The van der Waals surface area contributed by atoms with Gasteiger partial charge in [-0.25, -0.2) is 17.5 Å². The number of anilines is 1. The van der Waals surface area contributed by atoms with Gasteiger partial charge in [-0.2, -0.15) is 11.8 Å². The molecule has 0 aliphatic heterocycles. The first kappa shape index (κ1) is 21.7. The summed E-state index contributed by atoms with van der Waals surface area (Å²) in [6.07, 6.45) is 0. The van der Waals surface area contributed by atoms with Gasteiger partial charge in [0, 0.05) is 23.5 Å². The predicted molar refractivity (Wildman–Crippen MR) is 106 cm³/mol. The van der Waals surface area contributed by atoms with Gasteiger partial charge in [-0.3, -0.25) is 4.79 Å². The van der Waals surface area contributed by atoms with E-state index >= 15 is 0 Å². The summed E-state index contributed by atoms with van der Waals surface area (Å²) in [7, 11) is -3.81. The first-order chi connectivity index (χ1) is 12.6. The van der Waals surface area contributed by atoms with E-state index in [-0.39, 0.29) is 27.7 Å². The number of hydrogen-bond acceptors (Lipinski definition) is 7. The van der Waals surface area contributed by atoms with Crippen LogP contribution in [0.25, 0.3) is 0 Å². The summed E-state index contributed by atoms with van der Waals surface area (Å²) < 4.78 is 40.2. The van der Waals surface area contributed by atoms with Gasteiger partial charge in [0.15, 0.2) is 0 Å². The molecule has 0 atom stereocenters. The zero-order valence-electron chi connectivity index (χ0n) is 15.2. The van der Waals surface area contributed by atoms with Gasteiger partial charge in [-0.15, -0.1) is 10.2 Å². The second-order valence-electron chi connectivity index (χ2n) is 6.62. The second kappa shape index (κ2) is 9.09. The molecule has 27 heavy (non-hydrogen) atoms. The molecular formula is C16H21FN4O3S3. The van der Waals surface area contributed by atoms with Crippen LogP contribution < -0.4 is 10.0 Å². The minimum atomic E-state index is -3.81. The minimum Gasteiger partial charge on any atom is -0.300 e. The van der Waals surface area contributed by atoms with Gasteiger partial charge in [0.05, 0.1) is 0 Å². The van der Waals surface area contributed by atoms with Crippen LogP contribution in [-0.4, -0.2) is 36.8 Å². The Morgan fingerprint density at radius 3 is 2.63 bits per heavy atom. The topological polar surface area (TPSA) is 101 Å². The molecule has 1 heterocycles. The number of benzene rings is 1. The molecule has 1 amide bonds. The average molecular weight is 433 g/mol. The van der Waals surface area contributed by atoms with Crippen LogP contribution in [0.3, 0.4) is 0 Å². The Morgan fingerprint density at radius 2 is 1.96 bits per heavy atom. The van der Waals surface area contributed by atoms with E-state index in [2.05, 4.69) is 20.2 Å². The van der Waals surface area contributed by atoms with E-state index in [0.717, 1.165) is 11.3 Å². The normalized spacial score (nSPS) is 12.1. The summed E-state index contributed by atoms with van der Waals surface area (Å²) in [5.74, 6) is 0.375. The number of rotatable bonds is 8. The van der Waals surface area contributed by atoms with E-state index in [9.17, 15) is 17.6 Å². The standard InChI is InChI=1S/C16H21FN4O3S3/c1-16(2,3)13(22)19-14-20-21-15(26-14)27(23,24)18-8-9-25-10-11-6-4-5-7-12(11)17/h4-7,18H,8-10H2,1-3H3,(H,19,20,22). The van der Waals surface area contributed by atoms with E-state index < -0.39 is 15.4 Å². The van der Waals surface area contributed by atoms with Crippen LogP contribution in [0.5, 0.6) is 0 Å². The lowest BCUT2D eigenvalue weighted by atomic mass is 9.96. The highest BCUT2D eigenvalue weighted by Crippen LogP contribution is 2.23. The molecule has 0 aliphatic rings. The van der Waals surface area contributed by atoms with E-state index in [1.54, 1.807) is 39.0 Å². The molecule has 1 aromatic heterocycles. The number of aromatic nitrogens is 2. The summed E-state index contributed by atoms with van der Waals surface area (Å²) in [6, 6.07) is 6.47. The van der Waals surface area contributed by atoms with Gasteiger partial charge in [0.25, 0.3) is 10.0 Å². The number of carbonyl (C=O) groups excluding carboxylic acids is 1. The molecule has 0 saturated heterocycles. The van der Waals surface area contributed by atoms with Crippen molar-refractivity contribution in [2.24, 2.45) is 5.41 Å². The molecule has 0 saturated carbocycles. The number of nitrogens with zero attached hydrogens (tertiary/aromatic N) is 2. The smallest absolute Gasteiger partial charge is 0.269 e. The maximum absolute atomic E-state index is 13.5. The number of nitrogens with one attached hydrogen (secondary N) is 2. The molecule has 148 valence electrons. The number of hydrogen-bond donors (Lipinski definition) is 2. The monoisotopic (exact) mass is 432 g/mol. The first-order valence-electron chi connectivity index (χ1n) is 8.05. The molecule has 0 radical (unpaired) electrons. The van der Waals surface area contributed by atoms with E-state index in [1.807, 2.05) is 0 Å². The van der Waals surface area contributed by atoms with E-state index in [1.165, 1.54) is 17.8 Å². The maximum atomic E-state index is 13.5. The molecule has 0 unspecified atom stereocenters. The molecule has 0 fully saturated rings. The van der Waals surface area contributed by atoms with Gasteiger partial charge in [0.2, 0.25) is 15.4 Å². The first-order valence-corrected chi connectivity index (χ1v) is 11.5. The SMILES string of the molecule is CC(C)(C)C(=O)Nc1nnc(S(=O)(=O)NCCSCc2ccccc2F)s1. The van der Waals surface area contributed by atoms with Crippen molar-refractivity contribution in [1.82, 2.24) is 14.9 Å². The molecular weight excluding hydrogens is 411 g/mol. The third-order valence-corrected chi connectivity index (χ3v) is 6.97. The van der Waals surface area contributed by atoms with Crippen LogP contribution in [0, 0.1) is 11.2 Å². The molecule has 0 bridgehead atoms. The Balaban J connectivity index is 1.83. The number of thioether (sulfide) groups is 1. The molecule has 2 rings (SSSR count). The average Bonchev–Trinajstić information content (AvgIpc) is 3.04. The zero-order valence-corrected chi connectivity index (χ0v) is 17.6. The molecule has 7 nitrogen and oxygen atoms in total. The van der Waals surface area contributed by atoms with Crippen LogP contribution in [-0.2, 0) is 20.6 Å². The lowest BCUT2D eigenvalue weighted by Gasteiger charge is -2.15. The van der Waals surface area contributed by atoms with Crippen molar-refractivity contribution >= 4 is 44.2 Å². The van der Waals surface area contributed by atoms with Gasteiger partial charge < -0.3 is 5.32 Å². The second-order valence-corrected chi connectivity index (χ2v) is 10.6. The maximum Gasteiger partial charge on any atom is 0.269 e. The van der Waals surface area contributed by atoms with Crippen molar-refractivity contribution in [1.29, 1.82) is 0 Å². The summed E-state index contributed by atoms with van der Waals surface area (Å²) in [6.45, 7) is 5.38. The van der Waals surface area contributed by atoms with Gasteiger partial charge in [-0.1, -0.05) is 50.3 Å². The number of halogens is 1. The van der Waals surface area contributed by atoms with Crippen molar-refractivity contribution in [3.63, 3.8) is 0 Å².